The number of nitrogens with zero attached hydrogens (tertiary/aromatic N) is 2. The molecule has 1 saturated heterocycles. The van der Waals surface area contributed by atoms with Crippen molar-refractivity contribution in [2.45, 2.75) is 66.0 Å². The van der Waals surface area contributed by atoms with E-state index in [0.717, 1.165) is 43.7 Å². The van der Waals surface area contributed by atoms with E-state index in [-0.39, 0.29) is 17.4 Å². The molecule has 0 radical (unpaired) electrons. The number of likely N-dealkylation sites (N-methyl/N-ethyl adjacent to an activating group) is 1. The predicted molar refractivity (Wildman–Crippen MR) is 155 cm³/mol. The van der Waals surface area contributed by atoms with Gasteiger partial charge >= 0.3 is 0 Å². The van der Waals surface area contributed by atoms with Crippen molar-refractivity contribution in [3.8, 4) is 17.2 Å². The third-order valence-electron chi connectivity index (χ3n) is 7.60. The first-order valence-corrected chi connectivity index (χ1v) is 14.5. The Balaban J connectivity index is 1.79. The van der Waals surface area contributed by atoms with Gasteiger partial charge in [0, 0.05) is 25.1 Å². The number of amides is 1. The third kappa shape index (κ3) is 6.12. The maximum Gasteiger partial charge on any atom is 0.295 e. The number of ketones is 1. The summed E-state index contributed by atoms with van der Waals surface area (Å²) in [6, 6.07) is 10.2. The highest BCUT2D eigenvalue weighted by Crippen LogP contribution is 2.42. The minimum absolute atomic E-state index is 0.0492. The number of hydrogen-bond acceptors (Lipinski definition) is 7. The Morgan fingerprint density at radius 1 is 1.05 bits per heavy atom. The van der Waals surface area contributed by atoms with Crippen molar-refractivity contribution in [1.82, 2.24) is 9.80 Å². The summed E-state index contributed by atoms with van der Waals surface area (Å²) in [6.45, 7) is 13.8. The number of carbonyl (C=O) groups excluding carboxylic acids is 2. The lowest BCUT2D eigenvalue weighted by molar-refractivity contribution is -0.140. The zero-order chi connectivity index (χ0) is 28.8. The summed E-state index contributed by atoms with van der Waals surface area (Å²) in [6.07, 6.45) is 2.70. The molecule has 8 heteroatoms. The van der Waals surface area contributed by atoms with Gasteiger partial charge in [0.15, 0.2) is 11.5 Å². The molecule has 8 nitrogen and oxygen atoms in total. The lowest BCUT2D eigenvalue weighted by Crippen LogP contribution is -2.38. The van der Waals surface area contributed by atoms with Crippen LogP contribution in [0.1, 0.15) is 70.2 Å². The van der Waals surface area contributed by atoms with Crippen LogP contribution in [0.5, 0.6) is 17.2 Å². The molecular weight excluding hydrogens is 508 g/mol. The van der Waals surface area contributed by atoms with Crippen LogP contribution >= 0.6 is 0 Å². The monoisotopic (exact) mass is 550 g/mol. The van der Waals surface area contributed by atoms with Crippen LogP contribution in [0.2, 0.25) is 0 Å². The molecule has 4 rings (SSSR count). The largest absolute Gasteiger partial charge is 0.507 e. The van der Waals surface area contributed by atoms with Gasteiger partial charge < -0.3 is 29.1 Å². The van der Waals surface area contributed by atoms with Crippen LogP contribution < -0.4 is 14.2 Å². The molecule has 2 aromatic rings. The van der Waals surface area contributed by atoms with Gasteiger partial charge in [-0.05, 0) is 74.8 Å². The molecule has 0 spiro atoms. The van der Waals surface area contributed by atoms with Crippen molar-refractivity contribution in [2.75, 3.05) is 39.4 Å². The molecule has 0 unspecified atom stereocenters. The second-order valence-electron chi connectivity index (χ2n) is 10.3. The van der Waals surface area contributed by atoms with Crippen LogP contribution in [-0.2, 0) is 16.0 Å². The normalized spacial score (nSPS) is 19.7. The minimum Gasteiger partial charge on any atom is -0.507 e. The van der Waals surface area contributed by atoms with E-state index < -0.39 is 17.7 Å². The van der Waals surface area contributed by atoms with Crippen molar-refractivity contribution in [2.24, 2.45) is 0 Å². The molecule has 0 aliphatic carbocycles. The van der Waals surface area contributed by atoms with E-state index in [1.807, 2.05) is 44.2 Å². The molecule has 0 aromatic heterocycles. The van der Waals surface area contributed by atoms with Crippen molar-refractivity contribution in [1.29, 1.82) is 0 Å². The number of Topliss-reactive ketones (excluding diaryl/α,β-unsaturated/α-hetero) is 1. The van der Waals surface area contributed by atoms with Gasteiger partial charge in [-0.15, -0.1) is 0 Å². The topological polar surface area (TPSA) is 88.5 Å². The van der Waals surface area contributed by atoms with Gasteiger partial charge in [-0.1, -0.05) is 33.3 Å². The Morgan fingerprint density at radius 2 is 1.82 bits per heavy atom. The standard InChI is InChI=1S/C32H42N2O6/c1-6-10-17-39-26-14-11-22(20-27(26)38-9-4)29-28(31(36)32(37)34(29)16-15-33(7-2)8-3)30(35)23-12-13-25-24(19-23)18-21(5)40-25/h11-14,19-21,29,35H,6-10,15-18H2,1-5H3/t21-,29-/m0/s1. The summed E-state index contributed by atoms with van der Waals surface area (Å²) in [5.74, 6) is 0.463. The second kappa shape index (κ2) is 13.2. The second-order valence-corrected chi connectivity index (χ2v) is 10.3. The van der Waals surface area contributed by atoms with Crippen LogP contribution in [-0.4, -0.2) is 72.1 Å². The van der Waals surface area contributed by atoms with Gasteiger partial charge in [0.2, 0.25) is 0 Å². The number of fused-ring (bicyclic) bond motifs is 1. The minimum atomic E-state index is -0.761. The average molecular weight is 551 g/mol. The van der Waals surface area contributed by atoms with E-state index in [9.17, 15) is 14.7 Å². The molecule has 1 N–H and O–H groups in total. The van der Waals surface area contributed by atoms with E-state index in [2.05, 4.69) is 25.7 Å². The first-order valence-electron chi connectivity index (χ1n) is 14.5. The molecule has 216 valence electrons. The van der Waals surface area contributed by atoms with Crippen LogP contribution in [0.4, 0.5) is 0 Å². The molecule has 2 aliphatic heterocycles. The summed E-state index contributed by atoms with van der Waals surface area (Å²) in [5, 5.41) is 11.6. The highest BCUT2D eigenvalue weighted by atomic mass is 16.5. The number of likely N-dealkylation sites (tertiary alicyclic amines) is 1. The van der Waals surface area contributed by atoms with Crippen molar-refractivity contribution in [3.63, 3.8) is 0 Å². The Kier molecular flexibility index (Phi) is 9.74. The van der Waals surface area contributed by atoms with Crippen molar-refractivity contribution < 1.29 is 28.9 Å². The number of carbonyl (C=O) groups is 2. The quantitative estimate of drug-likeness (QED) is 0.156. The van der Waals surface area contributed by atoms with E-state index in [0.29, 0.717) is 48.9 Å². The van der Waals surface area contributed by atoms with E-state index >= 15 is 0 Å². The first kappa shape index (κ1) is 29.5. The molecule has 0 saturated carbocycles. The molecule has 2 heterocycles. The van der Waals surface area contributed by atoms with E-state index in [4.69, 9.17) is 14.2 Å². The molecule has 2 atom stereocenters. The summed E-state index contributed by atoms with van der Waals surface area (Å²) in [4.78, 5) is 30.8. The van der Waals surface area contributed by atoms with Gasteiger partial charge in [0.25, 0.3) is 11.7 Å². The molecule has 1 fully saturated rings. The lowest BCUT2D eigenvalue weighted by atomic mass is 9.94. The number of aliphatic hydroxyl groups is 1. The maximum atomic E-state index is 13.5. The van der Waals surface area contributed by atoms with Gasteiger partial charge in [0.1, 0.15) is 17.6 Å². The third-order valence-corrected chi connectivity index (χ3v) is 7.60. The summed E-state index contributed by atoms with van der Waals surface area (Å²) in [7, 11) is 0. The van der Waals surface area contributed by atoms with Gasteiger partial charge in [0.05, 0.1) is 24.8 Å². The van der Waals surface area contributed by atoms with Gasteiger partial charge in [-0.2, -0.15) is 0 Å². The fraction of sp³-hybridized carbons (Fsp3) is 0.500. The number of rotatable bonds is 13. The zero-order valence-corrected chi connectivity index (χ0v) is 24.4. The smallest absolute Gasteiger partial charge is 0.295 e. The molecular formula is C32H42N2O6. The average Bonchev–Trinajstić information content (AvgIpc) is 3.45. The SMILES string of the molecule is CCCCOc1ccc([C@H]2C(=C(O)c3ccc4c(c3)C[C@H](C)O4)C(=O)C(=O)N2CCN(CC)CC)cc1OCC. The van der Waals surface area contributed by atoms with E-state index in [1.54, 1.807) is 11.0 Å². The number of ether oxygens (including phenoxy) is 3. The summed E-state index contributed by atoms with van der Waals surface area (Å²) < 4.78 is 17.7. The summed E-state index contributed by atoms with van der Waals surface area (Å²) >= 11 is 0. The molecule has 0 bridgehead atoms. The van der Waals surface area contributed by atoms with Crippen LogP contribution in [0.3, 0.4) is 0 Å². The van der Waals surface area contributed by atoms with Crippen molar-refractivity contribution >= 4 is 17.4 Å². The first-order chi connectivity index (χ1) is 19.3. The van der Waals surface area contributed by atoms with Crippen LogP contribution in [0.15, 0.2) is 42.0 Å². The molecule has 40 heavy (non-hydrogen) atoms. The highest BCUT2D eigenvalue weighted by molar-refractivity contribution is 6.46. The number of hydrogen-bond donors (Lipinski definition) is 1. The Morgan fingerprint density at radius 3 is 2.52 bits per heavy atom. The van der Waals surface area contributed by atoms with Gasteiger partial charge in [-0.3, -0.25) is 9.59 Å². The lowest BCUT2D eigenvalue weighted by Gasteiger charge is -2.28. The van der Waals surface area contributed by atoms with Crippen LogP contribution in [0.25, 0.3) is 5.76 Å². The molecule has 2 aliphatic rings. The zero-order valence-electron chi connectivity index (χ0n) is 24.4. The fourth-order valence-electron chi connectivity index (χ4n) is 5.38. The van der Waals surface area contributed by atoms with Crippen LogP contribution in [0, 0.1) is 0 Å². The molecule has 2 aromatic carbocycles. The maximum absolute atomic E-state index is 13.5. The van der Waals surface area contributed by atoms with E-state index in [1.165, 1.54) is 0 Å². The number of aliphatic hydroxyl groups excluding tert-OH is 1. The Hall–Kier alpha value is -3.52. The summed E-state index contributed by atoms with van der Waals surface area (Å²) in [5.41, 5.74) is 2.23. The molecule has 1 amide bonds. The van der Waals surface area contributed by atoms with Crippen molar-refractivity contribution in [3.05, 3.63) is 58.7 Å². The number of unbranched alkanes of at least 4 members (excludes halogenated alkanes) is 1. The Bertz CT molecular complexity index is 1250. The highest BCUT2D eigenvalue weighted by Gasteiger charge is 2.46. The fourth-order valence-corrected chi connectivity index (χ4v) is 5.38. The predicted octanol–water partition coefficient (Wildman–Crippen LogP) is 5.35. The number of benzene rings is 2. The van der Waals surface area contributed by atoms with Gasteiger partial charge in [-0.25, -0.2) is 0 Å². The Labute approximate surface area is 237 Å².